The number of carbonyl (C=O) groups is 1. The van der Waals surface area contributed by atoms with Crippen molar-refractivity contribution in [2.45, 2.75) is 0 Å². The molecule has 0 saturated heterocycles. The minimum absolute atomic E-state index is 0.173. The number of nitrogens with two attached hydrogens (primary N) is 1. The minimum atomic E-state index is -0.490. The van der Waals surface area contributed by atoms with Gasteiger partial charge in [-0.3, -0.25) is 4.79 Å². The van der Waals surface area contributed by atoms with Crippen LogP contribution >= 0.6 is 0 Å². The second kappa shape index (κ2) is 3.05. The Morgan fingerprint density at radius 1 is 1.36 bits per heavy atom. The normalized spacial score (nSPS) is 9.45. The molecule has 1 rings (SSSR count). The maximum Gasteiger partial charge on any atom is 0.226 e. The van der Waals surface area contributed by atoms with Crippen molar-refractivity contribution in [3.05, 3.63) is 36.2 Å². The van der Waals surface area contributed by atoms with E-state index < -0.39 is 5.91 Å². The van der Waals surface area contributed by atoms with Crippen LogP contribution in [0, 0.1) is 6.42 Å². The number of phenols is 1. The summed E-state index contributed by atoms with van der Waals surface area (Å²) < 4.78 is 0. The number of hydrogen-bond acceptors (Lipinski definition) is 2. The SMILES string of the molecule is NC(=O)[CH]c1ccc(O)cc1. The highest BCUT2D eigenvalue weighted by atomic mass is 16.3. The average Bonchev–Trinajstić information content (AvgIpc) is 1.93. The van der Waals surface area contributed by atoms with Crippen molar-refractivity contribution in [2.24, 2.45) is 5.73 Å². The molecule has 57 valence electrons. The van der Waals surface area contributed by atoms with Crippen molar-refractivity contribution in [3.63, 3.8) is 0 Å². The molecule has 0 atom stereocenters. The van der Waals surface area contributed by atoms with Gasteiger partial charge in [-0.05, 0) is 17.7 Å². The Kier molecular flexibility index (Phi) is 2.11. The standard InChI is InChI=1S/C8H8NO2/c9-8(11)5-6-1-3-7(10)4-2-6/h1-5,10H,(H2,9,11). The van der Waals surface area contributed by atoms with Crippen LogP contribution in [0.25, 0.3) is 0 Å². The summed E-state index contributed by atoms with van der Waals surface area (Å²) in [7, 11) is 0. The number of hydrogen-bond donors (Lipinski definition) is 2. The molecule has 1 aromatic carbocycles. The van der Waals surface area contributed by atoms with Crippen LogP contribution < -0.4 is 5.73 Å². The van der Waals surface area contributed by atoms with Crippen LogP contribution in [0.2, 0.25) is 0 Å². The number of primary amides is 1. The van der Waals surface area contributed by atoms with Crippen molar-refractivity contribution >= 4 is 5.91 Å². The Bertz CT molecular complexity index is 253. The summed E-state index contributed by atoms with van der Waals surface area (Å²) in [6, 6.07) is 6.21. The smallest absolute Gasteiger partial charge is 0.226 e. The van der Waals surface area contributed by atoms with E-state index in [0.717, 1.165) is 0 Å². The molecule has 0 spiro atoms. The lowest BCUT2D eigenvalue weighted by Gasteiger charge is -1.95. The van der Waals surface area contributed by atoms with Gasteiger partial charge in [0.25, 0.3) is 0 Å². The molecule has 0 heterocycles. The lowest BCUT2D eigenvalue weighted by atomic mass is 10.1. The van der Waals surface area contributed by atoms with Crippen molar-refractivity contribution < 1.29 is 9.90 Å². The van der Waals surface area contributed by atoms with Gasteiger partial charge in [-0.1, -0.05) is 12.1 Å². The fourth-order valence-electron chi connectivity index (χ4n) is 0.735. The number of phenolic OH excluding ortho intramolecular Hbond substituents is 1. The quantitative estimate of drug-likeness (QED) is 0.642. The summed E-state index contributed by atoms with van der Waals surface area (Å²) in [6.45, 7) is 0. The van der Waals surface area contributed by atoms with Crippen molar-refractivity contribution in [1.82, 2.24) is 0 Å². The van der Waals surface area contributed by atoms with E-state index in [0.29, 0.717) is 5.56 Å². The van der Waals surface area contributed by atoms with E-state index in [2.05, 4.69) is 0 Å². The summed E-state index contributed by atoms with van der Waals surface area (Å²) in [5, 5.41) is 8.86. The van der Waals surface area contributed by atoms with Crippen LogP contribution in [0.5, 0.6) is 5.75 Å². The van der Waals surface area contributed by atoms with Gasteiger partial charge in [0.1, 0.15) is 5.75 Å². The van der Waals surface area contributed by atoms with E-state index in [4.69, 9.17) is 10.8 Å². The molecule has 3 N–H and O–H groups in total. The van der Waals surface area contributed by atoms with Gasteiger partial charge in [0.15, 0.2) is 0 Å². The van der Waals surface area contributed by atoms with Gasteiger partial charge >= 0.3 is 0 Å². The van der Waals surface area contributed by atoms with Crippen LogP contribution in [0.3, 0.4) is 0 Å². The van der Waals surface area contributed by atoms with E-state index in [1.54, 1.807) is 12.1 Å². The molecule has 0 bridgehead atoms. The predicted octanol–water partition coefficient (Wildman–Crippen LogP) is 0.430. The number of aromatic hydroxyl groups is 1. The summed E-state index contributed by atoms with van der Waals surface area (Å²) in [5.74, 6) is -0.317. The molecular weight excluding hydrogens is 142 g/mol. The first-order chi connectivity index (χ1) is 5.18. The van der Waals surface area contributed by atoms with Crippen LogP contribution in [-0.2, 0) is 4.79 Å². The Hall–Kier alpha value is -1.51. The van der Waals surface area contributed by atoms with E-state index in [9.17, 15) is 4.79 Å². The van der Waals surface area contributed by atoms with Gasteiger partial charge in [-0.15, -0.1) is 0 Å². The van der Waals surface area contributed by atoms with E-state index in [1.165, 1.54) is 18.6 Å². The van der Waals surface area contributed by atoms with Crippen LogP contribution in [-0.4, -0.2) is 11.0 Å². The summed E-state index contributed by atoms with van der Waals surface area (Å²) in [5.41, 5.74) is 5.60. The van der Waals surface area contributed by atoms with Crippen LogP contribution in [0.1, 0.15) is 5.56 Å². The van der Waals surface area contributed by atoms with Crippen molar-refractivity contribution in [2.75, 3.05) is 0 Å². The van der Waals surface area contributed by atoms with Gasteiger partial charge in [0.2, 0.25) is 5.91 Å². The first kappa shape index (κ1) is 7.60. The molecule has 1 aromatic rings. The van der Waals surface area contributed by atoms with Crippen molar-refractivity contribution in [1.29, 1.82) is 0 Å². The third-order valence-electron chi connectivity index (χ3n) is 1.20. The highest BCUT2D eigenvalue weighted by molar-refractivity contribution is 5.86. The molecule has 0 aromatic heterocycles. The maximum atomic E-state index is 10.4. The van der Waals surface area contributed by atoms with Gasteiger partial charge in [-0.2, -0.15) is 0 Å². The molecule has 0 aliphatic carbocycles. The fourth-order valence-corrected chi connectivity index (χ4v) is 0.735. The number of amides is 1. The second-order valence-electron chi connectivity index (χ2n) is 2.14. The maximum absolute atomic E-state index is 10.4. The fraction of sp³-hybridized carbons (Fsp3) is 0. The molecule has 1 radical (unpaired) electrons. The molecule has 1 amide bonds. The third kappa shape index (κ3) is 2.29. The zero-order valence-corrected chi connectivity index (χ0v) is 5.82. The number of rotatable bonds is 2. The van der Waals surface area contributed by atoms with E-state index in [1.807, 2.05) is 0 Å². The van der Waals surface area contributed by atoms with Gasteiger partial charge < -0.3 is 10.8 Å². The summed E-state index contributed by atoms with van der Waals surface area (Å²) in [6.07, 6.45) is 1.29. The summed E-state index contributed by atoms with van der Waals surface area (Å²) in [4.78, 5) is 10.4. The number of benzene rings is 1. The van der Waals surface area contributed by atoms with Crippen molar-refractivity contribution in [3.8, 4) is 5.75 Å². The highest BCUT2D eigenvalue weighted by Gasteiger charge is 1.97. The first-order valence-electron chi connectivity index (χ1n) is 3.12. The predicted molar refractivity (Wildman–Crippen MR) is 40.7 cm³/mol. The lowest BCUT2D eigenvalue weighted by Crippen LogP contribution is -2.11. The summed E-state index contributed by atoms with van der Waals surface area (Å²) >= 11 is 0. The zero-order chi connectivity index (χ0) is 8.27. The Morgan fingerprint density at radius 3 is 2.36 bits per heavy atom. The van der Waals surface area contributed by atoms with Gasteiger partial charge in [-0.25, -0.2) is 0 Å². The van der Waals surface area contributed by atoms with E-state index >= 15 is 0 Å². The molecule has 0 unspecified atom stereocenters. The molecular formula is C8H8NO2. The Balaban J connectivity index is 2.74. The second-order valence-corrected chi connectivity index (χ2v) is 2.14. The monoisotopic (exact) mass is 150 g/mol. The van der Waals surface area contributed by atoms with Gasteiger partial charge in [0, 0.05) is 0 Å². The molecule has 0 aliphatic rings. The Labute approximate surface area is 64.5 Å². The minimum Gasteiger partial charge on any atom is -0.508 e. The zero-order valence-electron chi connectivity index (χ0n) is 5.82. The highest BCUT2D eigenvalue weighted by Crippen LogP contribution is 2.10. The molecule has 3 heteroatoms. The molecule has 3 nitrogen and oxygen atoms in total. The molecule has 0 saturated carbocycles. The van der Waals surface area contributed by atoms with Crippen LogP contribution in [0.15, 0.2) is 24.3 Å². The first-order valence-corrected chi connectivity index (χ1v) is 3.12. The third-order valence-corrected chi connectivity index (χ3v) is 1.20. The molecule has 0 fully saturated rings. The molecule has 0 aliphatic heterocycles. The number of carbonyl (C=O) groups excluding carboxylic acids is 1. The molecule has 11 heavy (non-hydrogen) atoms. The Morgan fingerprint density at radius 2 is 1.91 bits per heavy atom. The van der Waals surface area contributed by atoms with Gasteiger partial charge in [0.05, 0.1) is 6.42 Å². The average molecular weight is 150 g/mol. The largest absolute Gasteiger partial charge is 0.508 e. The van der Waals surface area contributed by atoms with Crippen LogP contribution in [0.4, 0.5) is 0 Å². The topological polar surface area (TPSA) is 63.3 Å². The van der Waals surface area contributed by atoms with E-state index in [-0.39, 0.29) is 5.75 Å². The lowest BCUT2D eigenvalue weighted by molar-refractivity contribution is -0.114.